The number of ether oxygens (including phenoxy) is 1. The highest BCUT2D eigenvalue weighted by Gasteiger charge is 2.36. The number of allylic oxidation sites excluding steroid dienone is 1. The molecule has 1 aromatic carbocycles. The lowest BCUT2D eigenvalue weighted by Crippen LogP contribution is -2.34. The van der Waals surface area contributed by atoms with Gasteiger partial charge in [0.15, 0.2) is 0 Å². The van der Waals surface area contributed by atoms with Crippen LogP contribution in [0.5, 0.6) is 5.75 Å². The number of methoxy groups -OCH3 is 1. The maximum atomic E-state index is 6.03. The van der Waals surface area contributed by atoms with Crippen molar-refractivity contribution < 1.29 is 4.74 Å². The second kappa shape index (κ2) is 6.42. The highest BCUT2D eigenvalue weighted by atomic mass is 16.5. The van der Waals surface area contributed by atoms with Gasteiger partial charge in [0.1, 0.15) is 5.75 Å². The molecule has 0 spiro atoms. The molecule has 2 N–H and O–H groups in total. The predicted octanol–water partition coefficient (Wildman–Crippen LogP) is 2.81. The van der Waals surface area contributed by atoms with Gasteiger partial charge in [0, 0.05) is 18.5 Å². The molecular weight excluding hydrogens is 248 g/mol. The second-order valence-corrected chi connectivity index (χ2v) is 6.15. The molecule has 0 saturated carbocycles. The predicted molar refractivity (Wildman–Crippen MR) is 83.8 cm³/mol. The largest absolute Gasteiger partial charge is 0.497 e. The van der Waals surface area contributed by atoms with Gasteiger partial charge in [-0.2, -0.15) is 0 Å². The summed E-state index contributed by atoms with van der Waals surface area (Å²) < 4.78 is 5.19. The van der Waals surface area contributed by atoms with E-state index in [9.17, 15) is 0 Å². The van der Waals surface area contributed by atoms with E-state index in [4.69, 9.17) is 10.5 Å². The highest BCUT2D eigenvalue weighted by molar-refractivity contribution is 5.27. The van der Waals surface area contributed by atoms with E-state index in [-0.39, 0.29) is 5.41 Å². The van der Waals surface area contributed by atoms with E-state index in [0.29, 0.717) is 0 Å². The second-order valence-electron chi connectivity index (χ2n) is 6.15. The van der Waals surface area contributed by atoms with Crippen LogP contribution < -0.4 is 10.5 Å². The fourth-order valence-corrected chi connectivity index (χ4v) is 3.18. The van der Waals surface area contributed by atoms with Crippen molar-refractivity contribution in [2.45, 2.75) is 26.3 Å². The molecule has 0 aliphatic carbocycles. The molecule has 3 nitrogen and oxygen atoms in total. The zero-order chi connectivity index (χ0) is 14.6. The summed E-state index contributed by atoms with van der Waals surface area (Å²) in [6.07, 6.45) is 2.22. The van der Waals surface area contributed by atoms with Gasteiger partial charge in [0.2, 0.25) is 0 Å². The molecule has 110 valence electrons. The van der Waals surface area contributed by atoms with Gasteiger partial charge >= 0.3 is 0 Å². The first-order chi connectivity index (χ1) is 9.57. The van der Waals surface area contributed by atoms with Crippen LogP contribution in [0.1, 0.15) is 25.3 Å². The first-order valence-electron chi connectivity index (χ1n) is 7.27. The van der Waals surface area contributed by atoms with Gasteiger partial charge in [-0.15, -0.1) is 6.58 Å². The van der Waals surface area contributed by atoms with Crippen LogP contribution in [0.15, 0.2) is 36.4 Å². The monoisotopic (exact) mass is 274 g/mol. The Morgan fingerprint density at radius 3 is 2.65 bits per heavy atom. The Hall–Kier alpha value is -1.32. The Morgan fingerprint density at radius 1 is 1.40 bits per heavy atom. The third-order valence-corrected chi connectivity index (χ3v) is 4.19. The third-order valence-electron chi connectivity index (χ3n) is 4.19. The topological polar surface area (TPSA) is 38.5 Å². The van der Waals surface area contributed by atoms with Gasteiger partial charge in [-0.05, 0) is 50.6 Å². The van der Waals surface area contributed by atoms with Crippen molar-refractivity contribution in [3.8, 4) is 5.75 Å². The van der Waals surface area contributed by atoms with Crippen molar-refractivity contribution in [2.75, 3.05) is 26.7 Å². The lowest BCUT2D eigenvalue weighted by atomic mass is 9.81. The molecule has 1 aliphatic heterocycles. The summed E-state index contributed by atoms with van der Waals surface area (Å²) in [5.41, 5.74) is 8.83. The Morgan fingerprint density at radius 2 is 2.10 bits per heavy atom. The standard InChI is InChI=1S/C17H26N2O/c1-14(2)10-17(12-18)8-9-19(13-17)11-15-4-6-16(20-3)7-5-15/h4-7H,1,8-13,18H2,2-3H3. The normalized spacial score (nSPS) is 22.9. The van der Waals surface area contributed by atoms with E-state index in [2.05, 4.69) is 30.5 Å². The zero-order valence-electron chi connectivity index (χ0n) is 12.7. The maximum absolute atomic E-state index is 6.03. The van der Waals surface area contributed by atoms with Gasteiger partial charge < -0.3 is 10.5 Å². The molecular formula is C17H26N2O. The van der Waals surface area contributed by atoms with Crippen molar-refractivity contribution in [1.82, 2.24) is 4.90 Å². The van der Waals surface area contributed by atoms with E-state index in [1.54, 1.807) is 7.11 Å². The molecule has 0 aromatic heterocycles. The summed E-state index contributed by atoms with van der Waals surface area (Å²) in [6, 6.07) is 8.32. The summed E-state index contributed by atoms with van der Waals surface area (Å²) in [7, 11) is 1.70. The smallest absolute Gasteiger partial charge is 0.118 e. The van der Waals surface area contributed by atoms with Crippen LogP contribution >= 0.6 is 0 Å². The lowest BCUT2D eigenvalue weighted by Gasteiger charge is -2.28. The van der Waals surface area contributed by atoms with Crippen molar-refractivity contribution in [1.29, 1.82) is 0 Å². The molecule has 1 aromatic rings. The first kappa shape index (κ1) is 15.1. The Labute approximate surface area is 122 Å². The minimum absolute atomic E-state index is 0.234. The van der Waals surface area contributed by atoms with Crippen LogP contribution in [0.2, 0.25) is 0 Å². The van der Waals surface area contributed by atoms with Crippen LogP contribution in [-0.4, -0.2) is 31.6 Å². The molecule has 2 rings (SSSR count). The molecule has 1 fully saturated rings. The summed E-state index contributed by atoms with van der Waals surface area (Å²) in [4.78, 5) is 2.50. The van der Waals surface area contributed by atoms with Crippen LogP contribution in [0.3, 0.4) is 0 Å². The molecule has 0 bridgehead atoms. The quantitative estimate of drug-likeness (QED) is 0.811. The zero-order valence-corrected chi connectivity index (χ0v) is 12.7. The molecule has 1 aliphatic rings. The number of benzene rings is 1. The van der Waals surface area contributed by atoms with E-state index < -0.39 is 0 Å². The van der Waals surface area contributed by atoms with Crippen LogP contribution in [-0.2, 0) is 6.54 Å². The van der Waals surface area contributed by atoms with Crippen LogP contribution in [0, 0.1) is 5.41 Å². The van der Waals surface area contributed by atoms with Gasteiger partial charge in [-0.1, -0.05) is 17.7 Å². The Kier molecular flexibility index (Phi) is 4.84. The summed E-state index contributed by atoms with van der Waals surface area (Å²) >= 11 is 0. The molecule has 0 radical (unpaired) electrons. The lowest BCUT2D eigenvalue weighted by molar-refractivity contribution is 0.255. The average Bonchev–Trinajstić information content (AvgIpc) is 2.82. The van der Waals surface area contributed by atoms with Crippen molar-refractivity contribution in [3.05, 3.63) is 42.0 Å². The molecule has 20 heavy (non-hydrogen) atoms. The highest BCUT2D eigenvalue weighted by Crippen LogP contribution is 2.35. The molecule has 0 amide bonds. The fraction of sp³-hybridized carbons (Fsp3) is 0.529. The summed E-state index contributed by atoms with van der Waals surface area (Å²) in [5, 5.41) is 0. The number of hydrogen-bond acceptors (Lipinski definition) is 3. The van der Waals surface area contributed by atoms with Crippen LogP contribution in [0.25, 0.3) is 0 Å². The number of likely N-dealkylation sites (tertiary alicyclic amines) is 1. The van der Waals surface area contributed by atoms with E-state index in [1.165, 1.54) is 17.6 Å². The number of hydrogen-bond donors (Lipinski definition) is 1. The van der Waals surface area contributed by atoms with E-state index >= 15 is 0 Å². The maximum Gasteiger partial charge on any atom is 0.118 e. The molecule has 3 heteroatoms. The van der Waals surface area contributed by atoms with Crippen molar-refractivity contribution in [2.24, 2.45) is 11.1 Å². The number of nitrogens with two attached hydrogens (primary N) is 1. The van der Waals surface area contributed by atoms with Gasteiger partial charge in [0.05, 0.1) is 7.11 Å². The average molecular weight is 274 g/mol. The molecule has 1 atom stereocenters. The van der Waals surface area contributed by atoms with E-state index in [1.807, 2.05) is 12.1 Å². The first-order valence-corrected chi connectivity index (χ1v) is 7.27. The van der Waals surface area contributed by atoms with Crippen LogP contribution in [0.4, 0.5) is 0 Å². The summed E-state index contributed by atoms with van der Waals surface area (Å²) in [5.74, 6) is 0.911. The summed E-state index contributed by atoms with van der Waals surface area (Å²) in [6.45, 7) is 10.1. The van der Waals surface area contributed by atoms with E-state index in [0.717, 1.165) is 38.3 Å². The van der Waals surface area contributed by atoms with Gasteiger partial charge in [-0.3, -0.25) is 4.90 Å². The van der Waals surface area contributed by atoms with Gasteiger partial charge in [-0.25, -0.2) is 0 Å². The molecule has 1 heterocycles. The van der Waals surface area contributed by atoms with Gasteiger partial charge in [0.25, 0.3) is 0 Å². The van der Waals surface area contributed by atoms with Crippen molar-refractivity contribution >= 4 is 0 Å². The molecule has 1 unspecified atom stereocenters. The minimum Gasteiger partial charge on any atom is -0.497 e. The SMILES string of the molecule is C=C(C)CC1(CN)CCN(Cc2ccc(OC)cc2)C1. The Balaban J connectivity index is 1.96. The third kappa shape index (κ3) is 3.62. The number of nitrogens with zero attached hydrogens (tertiary/aromatic N) is 1. The van der Waals surface area contributed by atoms with Crippen molar-refractivity contribution in [3.63, 3.8) is 0 Å². The number of rotatable bonds is 6. The fourth-order valence-electron chi connectivity index (χ4n) is 3.18. The Bertz CT molecular complexity index is 455. The molecule has 1 saturated heterocycles. The minimum atomic E-state index is 0.234.